The summed E-state index contributed by atoms with van der Waals surface area (Å²) in [4.78, 5) is 13.8. The molecule has 0 saturated carbocycles. The number of pyridine rings is 1. The molecule has 1 heterocycles. The van der Waals surface area contributed by atoms with Gasteiger partial charge in [-0.3, -0.25) is 4.79 Å². The van der Waals surface area contributed by atoms with E-state index in [9.17, 15) is 4.79 Å². The van der Waals surface area contributed by atoms with Crippen molar-refractivity contribution in [2.45, 2.75) is 118 Å². The number of allylic oxidation sites excluding steroid dienone is 3. The Morgan fingerprint density at radius 3 is 2.26 bits per heavy atom. The molecule has 2 rings (SSSR count). The van der Waals surface area contributed by atoms with Gasteiger partial charge in [0.25, 0.3) is 5.56 Å². The van der Waals surface area contributed by atoms with E-state index in [1.807, 2.05) is 22.8 Å². The molecule has 0 bridgehead atoms. The first-order valence-electron chi connectivity index (χ1n) is 14.9. The highest BCUT2D eigenvalue weighted by Crippen LogP contribution is 2.34. The highest BCUT2D eigenvalue weighted by atomic mass is 16.5. The number of nitrogens with two attached hydrogens (primary N) is 1. The summed E-state index contributed by atoms with van der Waals surface area (Å²) in [6.07, 6.45) is 17.7. The number of benzene rings is 1. The highest BCUT2D eigenvalue weighted by Gasteiger charge is 2.20. The summed E-state index contributed by atoms with van der Waals surface area (Å²) < 4.78 is 14.3. The van der Waals surface area contributed by atoms with Gasteiger partial charge in [0.2, 0.25) is 5.75 Å². The molecule has 0 fully saturated rings. The van der Waals surface area contributed by atoms with Crippen LogP contribution in [0.3, 0.4) is 0 Å². The Hall–Kier alpha value is -2.69. The van der Waals surface area contributed by atoms with Crippen molar-refractivity contribution < 1.29 is 9.47 Å². The van der Waals surface area contributed by atoms with Crippen molar-refractivity contribution in [3.63, 3.8) is 0 Å². The maximum Gasteiger partial charge on any atom is 0.297 e. The van der Waals surface area contributed by atoms with Crippen LogP contribution < -0.4 is 20.8 Å². The normalized spacial score (nSPS) is 11.7. The van der Waals surface area contributed by atoms with Gasteiger partial charge in [0.15, 0.2) is 5.75 Å². The second kappa shape index (κ2) is 17.8. The highest BCUT2D eigenvalue weighted by molar-refractivity contribution is 5.90. The zero-order chi connectivity index (χ0) is 27.8. The minimum absolute atomic E-state index is 0.129. The molecule has 5 nitrogen and oxygen atoms in total. The van der Waals surface area contributed by atoms with Gasteiger partial charge in [-0.1, -0.05) is 82.4 Å². The molecule has 212 valence electrons. The van der Waals surface area contributed by atoms with Crippen LogP contribution in [0, 0.1) is 0 Å². The molecule has 0 aliphatic heterocycles. The summed E-state index contributed by atoms with van der Waals surface area (Å²) in [7, 11) is 0. The molecule has 0 atom stereocenters. The fourth-order valence-corrected chi connectivity index (χ4v) is 4.62. The Morgan fingerprint density at radius 2 is 1.55 bits per heavy atom. The molecule has 0 radical (unpaired) electrons. The van der Waals surface area contributed by atoms with Crippen molar-refractivity contribution in [2.24, 2.45) is 0 Å². The van der Waals surface area contributed by atoms with E-state index in [4.69, 9.17) is 15.2 Å². The number of hydrogen-bond donors (Lipinski definition) is 1. The quantitative estimate of drug-likeness (QED) is 0.113. The maximum atomic E-state index is 13.8. The number of ether oxygens (including phenoxy) is 2. The third-order valence-corrected chi connectivity index (χ3v) is 6.93. The lowest BCUT2D eigenvalue weighted by atomic mass is 10.1. The Bertz CT molecular complexity index is 1090. The number of fused-ring (bicyclic) bond motifs is 1. The second-order valence-electron chi connectivity index (χ2n) is 10.8. The number of anilines is 1. The van der Waals surface area contributed by atoms with E-state index >= 15 is 0 Å². The van der Waals surface area contributed by atoms with Crippen LogP contribution in [-0.4, -0.2) is 17.8 Å². The lowest BCUT2D eigenvalue weighted by Crippen LogP contribution is -2.24. The minimum Gasteiger partial charge on any atom is -0.489 e. The van der Waals surface area contributed by atoms with E-state index in [1.165, 1.54) is 49.7 Å². The average molecular weight is 525 g/mol. The van der Waals surface area contributed by atoms with Crippen molar-refractivity contribution in [1.82, 2.24) is 4.57 Å². The molecule has 1 aromatic heterocycles. The van der Waals surface area contributed by atoms with Crippen LogP contribution in [0.4, 0.5) is 5.69 Å². The molecule has 0 spiro atoms. The third kappa shape index (κ3) is 10.6. The minimum atomic E-state index is -0.129. The molecule has 0 aliphatic carbocycles. The lowest BCUT2D eigenvalue weighted by Gasteiger charge is -2.19. The summed E-state index contributed by atoms with van der Waals surface area (Å²) >= 11 is 0. The first-order valence-corrected chi connectivity index (χ1v) is 14.9. The van der Waals surface area contributed by atoms with Crippen molar-refractivity contribution in [3.05, 3.63) is 51.9 Å². The van der Waals surface area contributed by atoms with Crippen LogP contribution in [0.15, 0.2) is 46.3 Å². The standard InChI is InChI=1S/C33H52N2O3/c1-6-8-10-12-13-14-22-35-30-25-28(34)19-20-29(30)31(37-23-15-11-9-7-2)32(33(35)36)38-24-21-27(5)18-16-17-26(3)4/h17,19-21,25H,6-16,18,22-24,34H2,1-5H3. The first kappa shape index (κ1) is 31.5. The van der Waals surface area contributed by atoms with Gasteiger partial charge in [0.1, 0.15) is 6.61 Å². The van der Waals surface area contributed by atoms with E-state index < -0.39 is 0 Å². The Labute approximate surface area is 231 Å². The van der Waals surface area contributed by atoms with Gasteiger partial charge < -0.3 is 19.8 Å². The second-order valence-corrected chi connectivity index (χ2v) is 10.8. The monoisotopic (exact) mass is 524 g/mol. The topological polar surface area (TPSA) is 66.5 Å². The first-order chi connectivity index (χ1) is 18.4. The smallest absolute Gasteiger partial charge is 0.297 e. The molecule has 0 aliphatic rings. The number of rotatable bonds is 19. The van der Waals surface area contributed by atoms with E-state index in [0.717, 1.165) is 49.4 Å². The van der Waals surface area contributed by atoms with E-state index in [0.29, 0.717) is 36.9 Å². The van der Waals surface area contributed by atoms with Crippen LogP contribution in [0.5, 0.6) is 11.5 Å². The maximum absolute atomic E-state index is 13.8. The van der Waals surface area contributed by atoms with Gasteiger partial charge in [0.05, 0.1) is 12.1 Å². The Kier molecular flexibility index (Phi) is 14.7. The van der Waals surface area contributed by atoms with Crippen LogP contribution in [0.1, 0.15) is 112 Å². The number of nitrogens with zero attached hydrogens (tertiary/aromatic N) is 1. The number of unbranched alkanes of at least 4 members (excludes halogenated alkanes) is 8. The van der Waals surface area contributed by atoms with Crippen molar-refractivity contribution >= 4 is 16.6 Å². The van der Waals surface area contributed by atoms with Gasteiger partial charge in [-0.15, -0.1) is 0 Å². The number of nitrogen functional groups attached to an aromatic ring is 1. The van der Waals surface area contributed by atoms with Gasteiger partial charge in [-0.2, -0.15) is 0 Å². The zero-order valence-corrected chi connectivity index (χ0v) is 24.7. The van der Waals surface area contributed by atoms with Crippen LogP contribution in [-0.2, 0) is 6.54 Å². The molecular weight excluding hydrogens is 472 g/mol. The molecule has 38 heavy (non-hydrogen) atoms. The summed E-state index contributed by atoms with van der Waals surface area (Å²) in [6, 6.07) is 5.74. The van der Waals surface area contributed by atoms with Gasteiger partial charge in [0, 0.05) is 17.6 Å². The largest absolute Gasteiger partial charge is 0.489 e. The van der Waals surface area contributed by atoms with Crippen LogP contribution >= 0.6 is 0 Å². The molecule has 1 aromatic carbocycles. The van der Waals surface area contributed by atoms with Gasteiger partial charge in [-0.25, -0.2) is 0 Å². The van der Waals surface area contributed by atoms with Crippen molar-refractivity contribution in [3.8, 4) is 11.5 Å². The summed E-state index contributed by atoms with van der Waals surface area (Å²) in [5.74, 6) is 0.869. The molecule has 5 heteroatoms. The predicted octanol–water partition coefficient (Wildman–Crippen LogP) is 8.97. The fraction of sp³-hybridized carbons (Fsp3) is 0.606. The molecule has 2 N–H and O–H groups in total. The summed E-state index contributed by atoms with van der Waals surface area (Å²) in [5.41, 5.74) is 10.1. The molecule has 0 saturated heterocycles. The van der Waals surface area contributed by atoms with Gasteiger partial charge >= 0.3 is 0 Å². The van der Waals surface area contributed by atoms with Crippen LogP contribution in [0.2, 0.25) is 0 Å². The summed E-state index contributed by atoms with van der Waals surface area (Å²) in [5, 5.41) is 0.888. The van der Waals surface area contributed by atoms with Crippen molar-refractivity contribution in [1.29, 1.82) is 0 Å². The Balaban J connectivity index is 2.35. The number of aromatic nitrogens is 1. The Morgan fingerprint density at radius 1 is 0.868 bits per heavy atom. The number of hydrogen-bond acceptors (Lipinski definition) is 4. The van der Waals surface area contributed by atoms with Crippen LogP contribution in [0.25, 0.3) is 10.9 Å². The van der Waals surface area contributed by atoms with Gasteiger partial charge in [-0.05, 0) is 70.7 Å². The fourth-order valence-electron chi connectivity index (χ4n) is 4.62. The SMILES string of the molecule is CCCCCCCCn1c(=O)c(OCC=C(C)CCC=C(C)C)c(OCCCCCC)c2ccc(N)cc21. The number of aryl methyl sites for hydroxylation is 1. The van der Waals surface area contributed by atoms with E-state index in [2.05, 4.69) is 46.8 Å². The van der Waals surface area contributed by atoms with Crippen molar-refractivity contribution in [2.75, 3.05) is 18.9 Å². The van der Waals surface area contributed by atoms with E-state index in [1.54, 1.807) is 0 Å². The zero-order valence-electron chi connectivity index (χ0n) is 24.7. The van der Waals surface area contributed by atoms with E-state index in [-0.39, 0.29) is 5.56 Å². The molecular formula is C33H52N2O3. The average Bonchev–Trinajstić information content (AvgIpc) is 2.88. The molecule has 2 aromatic rings. The molecule has 0 unspecified atom stereocenters. The predicted molar refractivity (Wildman–Crippen MR) is 164 cm³/mol. The molecule has 0 amide bonds. The third-order valence-electron chi connectivity index (χ3n) is 6.93. The lowest BCUT2D eigenvalue weighted by molar-refractivity contribution is 0.275. The summed E-state index contributed by atoms with van der Waals surface area (Å²) in [6.45, 7) is 12.3.